The van der Waals surface area contributed by atoms with Gasteiger partial charge in [0, 0.05) is 26.1 Å². The van der Waals surface area contributed by atoms with Crippen LogP contribution in [0.1, 0.15) is 32.1 Å². The van der Waals surface area contributed by atoms with Crippen molar-refractivity contribution in [3.63, 3.8) is 0 Å². The minimum Gasteiger partial charge on any atom is -0.389 e. The van der Waals surface area contributed by atoms with E-state index in [4.69, 9.17) is 37.1 Å². The smallest absolute Gasteiger partial charge is 0.221 e. The van der Waals surface area contributed by atoms with Gasteiger partial charge in [0.2, 0.25) is 5.91 Å². The van der Waals surface area contributed by atoms with Crippen molar-refractivity contribution in [1.82, 2.24) is 10.6 Å². The van der Waals surface area contributed by atoms with Crippen LogP contribution in [0.4, 0.5) is 0 Å². The van der Waals surface area contributed by atoms with Gasteiger partial charge in [-0.2, -0.15) is 0 Å². The van der Waals surface area contributed by atoms with E-state index in [0.717, 1.165) is 6.42 Å². The molecule has 1 aliphatic carbocycles. The molecule has 12 N–H and O–H groups in total. The van der Waals surface area contributed by atoms with Gasteiger partial charge < -0.3 is 58.0 Å². The Morgan fingerprint density at radius 3 is 2.53 bits per heavy atom. The van der Waals surface area contributed by atoms with Crippen LogP contribution in [-0.4, -0.2) is 104 Å². The number of nitrogens with two attached hydrogens (primary N) is 4. The fraction of sp³-hybridized carbons (Fsp3) is 0.950. The summed E-state index contributed by atoms with van der Waals surface area (Å²) < 4.78 is 17.4. The Kier molecular flexibility index (Phi) is 11.2. The van der Waals surface area contributed by atoms with Gasteiger partial charge >= 0.3 is 0 Å². The van der Waals surface area contributed by atoms with Crippen LogP contribution in [0.2, 0.25) is 0 Å². The van der Waals surface area contributed by atoms with Gasteiger partial charge in [0.1, 0.15) is 12.2 Å². The number of methoxy groups -OCH3 is 1. The quantitative estimate of drug-likeness (QED) is 0.150. The first-order valence-corrected chi connectivity index (χ1v) is 11.3. The highest BCUT2D eigenvalue weighted by molar-refractivity contribution is 5.76. The van der Waals surface area contributed by atoms with Gasteiger partial charge in [-0.25, -0.2) is 0 Å². The van der Waals surface area contributed by atoms with Crippen LogP contribution in [0, 0.1) is 0 Å². The van der Waals surface area contributed by atoms with E-state index in [2.05, 4.69) is 10.6 Å². The van der Waals surface area contributed by atoms with Crippen molar-refractivity contribution in [1.29, 1.82) is 0 Å². The first-order valence-electron chi connectivity index (χ1n) is 11.3. The maximum absolute atomic E-state index is 12.5. The number of carbonyl (C=O) groups excluding carboxylic acids is 1. The van der Waals surface area contributed by atoms with E-state index >= 15 is 0 Å². The van der Waals surface area contributed by atoms with Crippen LogP contribution >= 0.6 is 0 Å². The van der Waals surface area contributed by atoms with Crippen molar-refractivity contribution in [3.8, 4) is 0 Å². The number of likely N-dealkylation sites (N-methyl/N-ethyl adjacent to an activating group) is 1. The molecule has 0 aromatic heterocycles. The molecule has 12 nitrogen and oxygen atoms in total. The molecule has 0 unspecified atom stereocenters. The zero-order chi connectivity index (χ0) is 23.8. The molecule has 0 bridgehead atoms. The monoisotopic (exact) mass is 462 g/mol. The molecule has 1 saturated carbocycles. The van der Waals surface area contributed by atoms with E-state index < -0.39 is 48.8 Å². The molecule has 10 atom stereocenters. The summed E-state index contributed by atoms with van der Waals surface area (Å²) in [5.41, 5.74) is 23.5. The lowest BCUT2D eigenvalue weighted by molar-refractivity contribution is -0.262. The summed E-state index contributed by atoms with van der Waals surface area (Å²) in [5, 5.41) is 27.4. The zero-order valence-electron chi connectivity index (χ0n) is 19.1. The number of carbonyl (C=O) groups is 1. The minimum atomic E-state index is -1.08. The van der Waals surface area contributed by atoms with E-state index in [1.165, 1.54) is 7.11 Å². The lowest BCUT2D eigenvalue weighted by Crippen LogP contribution is -2.71. The lowest BCUT2D eigenvalue weighted by Gasteiger charge is -2.48. The van der Waals surface area contributed by atoms with Crippen molar-refractivity contribution in [2.75, 3.05) is 27.2 Å². The van der Waals surface area contributed by atoms with Gasteiger partial charge in [0.25, 0.3) is 0 Å². The van der Waals surface area contributed by atoms with E-state index in [1.54, 1.807) is 7.05 Å². The third-order valence-electron chi connectivity index (χ3n) is 6.36. The van der Waals surface area contributed by atoms with Gasteiger partial charge in [-0.15, -0.1) is 0 Å². The zero-order valence-corrected chi connectivity index (χ0v) is 19.1. The number of aliphatic hydroxyl groups is 2. The van der Waals surface area contributed by atoms with Crippen molar-refractivity contribution in [2.24, 2.45) is 22.9 Å². The minimum absolute atomic E-state index is 0.158. The highest BCUT2D eigenvalue weighted by Crippen LogP contribution is 2.29. The van der Waals surface area contributed by atoms with Gasteiger partial charge in [-0.3, -0.25) is 4.79 Å². The standard InChI is InChI=1S/C20H42N6O6/c1-25-15-17(29)18(14(24)16(28)19(15)30-2)32-20-12(6-5-11(9-22)31-20)26-13(27)8-10(23)4-3-7-21/h10-12,14-20,25,28-29H,3-9,21-24H2,1-2H3,(H,26,27)/t10-,11-,12+,14-,15-,16-,17+,18+,19-,20+/m0/s1. The van der Waals surface area contributed by atoms with Crippen molar-refractivity contribution < 1.29 is 29.2 Å². The average Bonchev–Trinajstić information content (AvgIpc) is 2.78. The second-order valence-electron chi connectivity index (χ2n) is 8.68. The number of ether oxygens (including phenoxy) is 3. The summed E-state index contributed by atoms with van der Waals surface area (Å²) in [6.45, 7) is 0.812. The fourth-order valence-corrected chi connectivity index (χ4v) is 4.48. The molecule has 2 aliphatic rings. The summed E-state index contributed by atoms with van der Waals surface area (Å²) >= 11 is 0. The van der Waals surface area contributed by atoms with Gasteiger partial charge in [-0.05, 0) is 39.3 Å². The van der Waals surface area contributed by atoms with E-state index in [-0.39, 0.29) is 31.0 Å². The molecule has 0 spiro atoms. The van der Waals surface area contributed by atoms with Crippen LogP contribution in [-0.2, 0) is 19.0 Å². The van der Waals surface area contributed by atoms with Crippen LogP contribution in [0.5, 0.6) is 0 Å². The lowest BCUT2D eigenvalue weighted by atomic mass is 9.81. The maximum Gasteiger partial charge on any atom is 0.221 e. The number of rotatable bonds is 11. The first-order chi connectivity index (χ1) is 15.3. The van der Waals surface area contributed by atoms with Crippen LogP contribution in [0.15, 0.2) is 0 Å². The Morgan fingerprint density at radius 1 is 1.22 bits per heavy atom. The molecule has 0 aromatic rings. The largest absolute Gasteiger partial charge is 0.389 e. The molecule has 1 amide bonds. The van der Waals surface area contributed by atoms with Gasteiger partial charge in [-0.1, -0.05) is 0 Å². The number of amides is 1. The second kappa shape index (κ2) is 13.1. The molecule has 2 fully saturated rings. The summed E-state index contributed by atoms with van der Waals surface area (Å²) in [7, 11) is 3.10. The Labute approximate surface area is 189 Å². The predicted octanol–water partition coefficient (Wildman–Crippen LogP) is -3.56. The van der Waals surface area contributed by atoms with E-state index in [1.807, 2.05) is 0 Å². The topological polar surface area (TPSA) is 213 Å². The van der Waals surface area contributed by atoms with Crippen LogP contribution in [0.25, 0.3) is 0 Å². The molecule has 32 heavy (non-hydrogen) atoms. The van der Waals surface area contributed by atoms with Crippen LogP contribution in [0.3, 0.4) is 0 Å². The molecular formula is C20H42N6O6. The average molecular weight is 463 g/mol. The first kappa shape index (κ1) is 27.3. The Morgan fingerprint density at radius 2 is 1.94 bits per heavy atom. The summed E-state index contributed by atoms with van der Waals surface area (Å²) in [5.74, 6) is -0.219. The number of hydrogen-bond acceptors (Lipinski definition) is 11. The molecule has 0 aromatic carbocycles. The molecule has 0 radical (unpaired) electrons. The maximum atomic E-state index is 12.5. The molecule has 1 aliphatic heterocycles. The Balaban J connectivity index is 2.09. The molecular weight excluding hydrogens is 420 g/mol. The molecule has 2 rings (SSSR count). The molecule has 1 saturated heterocycles. The summed E-state index contributed by atoms with van der Waals surface area (Å²) in [6.07, 6.45) is -2.18. The van der Waals surface area contributed by atoms with E-state index in [0.29, 0.717) is 25.8 Å². The molecule has 12 heteroatoms. The summed E-state index contributed by atoms with van der Waals surface area (Å²) in [4.78, 5) is 12.5. The number of hydrogen-bond donors (Lipinski definition) is 8. The molecule has 188 valence electrons. The highest BCUT2D eigenvalue weighted by atomic mass is 16.7. The SMILES string of the molecule is CN[C@H]1[C@@H](O)[C@H](O[C@H]2O[C@H](CN)CC[C@H]2NC(=O)C[C@@H](N)CCCN)[C@@H](N)[C@H](O)[C@H]1OC. The van der Waals surface area contributed by atoms with Crippen molar-refractivity contribution in [3.05, 3.63) is 0 Å². The van der Waals surface area contributed by atoms with Crippen molar-refractivity contribution >= 4 is 5.91 Å². The van der Waals surface area contributed by atoms with Gasteiger partial charge in [0.15, 0.2) is 6.29 Å². The Bertz CT molecular complexity index is 575. The third kappa shape index (κ3) is 6.79. The third-order valence-corrected chi connectivity index (χ3v) is 6.36. The van der Waals surface area contributed by atoms with Crippen molar-refractivity contribution in [2.45, 2.75) is 93.1 Å². The van der Waals surface area contributed by atoms with Gasteiger partial charge in [0.05, 0.1) is 36.4 Å². The van der Waals surface area contributed by atoms with E-state index in [9.17, 15) is 15.0 Å². The highest BCUT2D eigenvalue weighted by Gasteiger charge is 2.50. The second-order valence-corrected chi connectivity index (χ2v) is 8.68. The fourth-order valence-electron chi connectivity index (χ4n) is 4.48. The van der Waals surface area contributed by atoms with Crippen LogP contribution < -0.4 is 33.6 Å². The Hall–Kier alpha value is -0.930. The number of aliphatic hydroxyl groups excluding tert-OH is 2. The number of nitrogens with one attached hydrogen (secondary N) is 2. The normalized spacial score (nSPS) is 38.9. The summed E-state index contributed by atoms with van der Waals surface area (Å²) in [6, 6.07) is -2.30. The molecule has 1 heterocycles. The predicted molar refractivity (Wildman–Crippen MR) is 118 cm³/mol.